The van der Waals surface area contributed by atoms with E-state index in [9.17, 15) is 4.79 Å². The lowest BCUT2D eigenvalue weighted by atomic mass is 10.2. The molecule has 0 saturated heterocycles. The molecule has 1 heterocycles. The van der Waals surface area contributed by atoms with E-state index in [1.54, 1.807) is 31.4 Å². The van der Waals surface area contributed by atoms with Crippen LogP contribution in [0.2, 0.25) is 5.02 Å². The third-order valence-corrected chi connectivity index (χ3v) is 5.37. The highest BCUT2D eigenvalue weighted by molar-refractivity contribution is 6.30. The molecule has 0 aliphatic carbocycles. The first-order chi connectivity index (χ1) is 15.5. The molecular weight excluding hydrogens is 426 g/mol. The number of ether oxygens (including phenoxy) is 2. The van der Waals surface area contributed by atoms with Crippen LogP contribution in [0, 0.1) is 0 Å². The van der Waals surface area contributed by atoms with Gasteiger partial charge in [0.15, 0.2) is 0 Å². The van der Waals surface area contributed by atoms with Gasteiger partial charge < -0.3 is 19.4 Å². The van der Waals surface area contributed by atoms with Gasteiger partial charge in [-0.1, -0.05) is 35.9 Å². The largest absolute Gasteiger partial charge is 0.497 e. The van der Waals surface area contributed by atoms with E-state index in [0.717, 1.165) is 28.4 Å². The number of hydrogen-bond acceptors (Lipinski definition) is 4. The summed E-state index contributed by atoms with van der Waals surface area (Å²) in [5, 5.41) is 3.55. The van der Waals surface area contributed by atoms with Crippen molar-refractivity contribution < 1.29 is 14.3 Å². The Labute approximate surface area is 191 Å². The maximum atomic E-state index is 12.7. The van der Waals surface area contributed by atoms with E-state index in [1.807, 2.05) is 55.5 Å². The number of carbonyl (C=O) groups excluding carboxylic acids is 1. The molecule has 7 heteroatoms. The van der Waals surface area contributed by atoms with Crippen molar-refractivity contribution in [2.75, 3.05) is 13.7 Å². The molecule has 0 radical (unpaired) electrons. The summed E-state index contributed by atoms with van der Waals surface area (Å²) in [7, 11) is 1.63. The fourth-order valence-electron chi connectivity index (χ4n) is 3.58. The van der Waals surface area contributed by atoms with Gasteiger partial charge in [0, 0.05) is 16.7 Å². The standard InChI is InChI=1S/C25H24ClN3O3/c1-17(27-25(30)18-7-5-8-19(26)15-18)24-28-22-11-3-4-12-23(22)29(24)13-14-32-21-10-6-9-20(16-21)31-2/h3-12,15-17H,13-14H2,1-2H3,(H,27,30). The molecular formula is C25H24ClN3O3. The maximum absolute atomic E-state index is 12.7. The molecule has 0 aliphatic rings. The molecule has 1 atom stereocenters. The van der Waals surface area contributed by atoms with Gasteiger partial charge in [-0.15, -0.1) is 0 Å². The van der Waals surface area contributed by atoms with Gasteiger partial charge in [0.25, 0.3) is 5.91 Å². The predicted molar refractivity (Wildman–Crippen MR) is 126 cm³/mol. The Hall–Kier alpha value is -3.51. The molecule has 6 nitrogen and oxygen atoms in total. The minimum absolute atomic E-state index is 0.203. The second kappa shape index (κ2) is 9.75. The highest BCUT2D eigenvalue weighted by Gasteiger charge is 2.19. The lowest BCUT2D eigenvalue weighted by molar-refractivity contribution is 0.0937. The minimum Gasteiger partial charge on any atom is -0.497 e. The van der Waals surface area contributed by atoms with Crippen molar-refractivity contribution >= 4 is 28.5 Å². The molecule has 0 saturated carbocycles. The van der Waals surface area contributed by atoms with Crippen LogP contribution >= 0.6 is 11.6 Å². The number of halogens is 1. The summed E-state index contributed by atoms with van der Waals surface area (Å²) < 4.78 is 13.3. The van der Waals surface area contributed by atoms with Gasteiger partial charge in [0.2, 0.25) is 0 Å². The Morgan fingerprint density at radius 2 is 1.84 bits per heavy atom. The third-order valence-electron chi connectivity index (χ3n) is 5.13. The number of hydrogen-bond donors (Lipinski definition) is 1. The number of imidazole rings is 1. The van der Waals surface area contributed by atoms with Crippen LogP contribution in [0.4, 0.5) is 0 Å². The normalized spacial score (nSPS) is 11.8. The van der Waals surface area contributed by atoms with Crippen molar-refractivity contribution in [3.05, 3.63) is 89.2 Å². The van der Waals surface area contributed by atoms with Crippen LogP contribution in [-0.4, -0.2) is 29.2 Å². The maximum Gasteiger partial charge on any atom is 0.251 e. The Morgan fingerprint density at radius 3 is 2.66 bits per heavy atom. The first-order valence-electron chi connectivity index (χ1n) is 10.3. The van der Waals surface area contributed by atoms with Gasteiger partial charge >= 0.3 is 0 Å². The van der Waals surface area contributed by atoms with Crippen molar-refractivity contribution in [3.63, 3.8) is 0 Å². The van der Waals surface area contributed by atoms with Crippen LogP contribution in [-0.2, 0) is 6.54 Å². The summed E-state index contributed by atoms with van der Waals surface area (Å²) in [6.07, 6.45) is 0. The van der Waals surface area contributed by atoms with Gasteiger partial charge in [0.05, 0.1) is 30.7 Å². The topological polar surface area (TPSA) is 65.4 Å². The summed E-state index contributed by atoms with van der Waals surface area (Å²) in [5.41, 5.74) is 2.36. The summed E-state index contributed by atoms with van der Waals surface area (Å²) in [5.74, 6) is 2.04. The van der Waals surface area contributed by atoms with Gasteiger partial charge in [-0.05, 0) is 49.4 Å². The van der Waals surface area contributed by atoms with Crippen LogP contribution in [0.15, 0.2) is 72.8 Å². The highest BCUT2D eigenvalue weighted by Crippen LogP contribution is 2.23. The fraction of sp³-hybridized carbons (Fsp3) is 0.200. The number of carbonyl (C=O) groups is 1. The molecule has 3 aromatic carbocycles. The first-order valence-corrected chi connectivity index (χ1v) is 10.7. The van der Waals surface area contributed by atoms with Gasteiger partial charge in [-0.2, -0.15) is 0 Å². The van der Waals surface area contributed by atoms with Crippen molar-refractivity contribution in [1.82, 2.24) is 14.9 Å². The number of aromatic nitrogens is 2. The first kappa shape index (κ1) is 21.7. The number of fused-ring (bicyclic) bond motifs is 1. The number of nitrogens with one attached hydrogen (secondary N) is 1. The molecule has 0 spiro atoms. The van der Waals surface area contributed by atoms with Gasteiger partial charge in [-0.3, -0.25) is 4.79 Å². The quantitative estimate of drug-likeness (QED) is 0.398. The minimum atomic E-state index is -0.314. The molecule has 4 rings (SSSR count). The van der Waals surface area contributed by atoms with E-state index in [0.29, 0.717) is 23.7 Å². The highest BCUT2D eigenvalue weighted by atomic mass is 35.5. The van der Waals surface area contributed by atoms with Crippen LogP contribution in [0.1, 0.15) is 29.1 Å². The van der Waals surface area contributed by atoms with E-state index in [-0.39, 0.29) is 11.9 Å². The van der Waals surface area contributed by atoms with E-state index >= 15 is 0 Å². The van der Waals surface area contributed by atoms with Crippen molar-refractivity contribution in [3.8, 4) is 11.5 Å². The van der Waals surface area contributed by atoms with Crippen LogP contribution in [0.3, 0.4) is 0 Å². The van der Waals surface area contributed by atoms with E-state index in [1.165, 1.54) is 0 Å². The lowest BCUT2D eigenvalue weighted by Crippen LogP contribution is -2.29. The summed E-state index contributed by atoms with van der Waals surface area (Å²) >= 11 is 6.03. The number of benzene rings is 3. The number of para-hydroxylation sites is 2. The monoisotopic (exact) mass is 449 g/mol. The van der Waals surface area contributed by atoms with E-state index < -0.39 is 0 Å². The smallest absolute Gasteiger partial charge is 0.251 e. The van der Waals surface area contributed by atoms with Crippen molar-refractivity contribution in [2.24, 2.45) is 0 Å². The Balaban J connectivity index is 1.53. The summed E-state index contributed by atoms with van der Waals surface area (Å²) in [6.45, 7) is 2.93. The number of amides is 1. The van der Waals surface area contributed by atoms with Crippen molar-refractivity contribution in [1.29, 1.82) is 0 Å². The number of nitrogens with zero attached hydrogens (tertiary/aromatic N) is 2. The van der Waals surface area contributed by atoms with Crippen molar-refractivity contribution in [2.45, 2.75) is 19.5 Å². The summed E-state index contributed by atoms with van der Waals surface area (Å²) in [4.78, 5) is 17.5. The molecule has 1 aromatic heterocycles. The molecule has 4 aromatic rings. The number of methoxy groups -OCH3 is 1. The zero-order valence-corrected chi connectivity index (χ0v) is 18.7. The Bertz CT molecular complexity index is 1240. The lowest BCUT2D eigenvalue weighted by Gasteiger charge is -2.17. The van der Waals surface area contributed by atoms with E-state index in [2.05, 4.69) is 9.88 Å². The van der Waals surface area contributed by atoms with Gasteiger partial charge in [-0.25, -0.2) is 4.98 Å². The SMILES string of the molecule is COc1cccc(OCCn2c(C(C)NC(=O)c3cccc(Cl)c3)nc3ccccc32)c1. The second-order valence-corrected chi connectivity index (χ2v) is 7.78. The molecule has 0 bridgehead atoms. The molecule has 0 fully saturated rings. The molecule has 0 aliphatic heterocycles. The molecule has 1 N–H and O–H groups in total. The molecule has 164 valence electrons. The summed E-state index contributed by atoms with van der Waals surface area (Å²) in [6, 6.07) is 22.0. The molecule has 1 unspecified atom stereocenters. The van der Waals surface area contributed by atoms with E-state index in [4.69, 9.17) is 26.1 Å². The van der Waals surface area contributed by atoms with Gasteiger partial charge in [0.1, 0.15) is 23.9 Å². The zero-order chi connectivity index (χ0) is 22.5. The zero-order valence-electron chi connectivity index (χ0n) is 17.9. The van der Waals surface area contributed by atoms with Crippen LogP contribution in [0.5, 0.6) is 11.5 Å². The average Bonchev–Trinajstić information content (AvgIpc) is 3.18. The third kappa shape index (κ3) is 4.86. The second-order valence-electron chi connectivity index (χ2n) is 7.34. The molecule has 32 heavy (non-hydrogen) atoms. The predicted octanol–water partition coefficient (Wildman–Crippen LogP) is 5.27. The molecule has 1 amide bonds. The van der Waals surface area contributed by atoms with Crippen LogP contribution < -0.4 is 14.8 Å². The van der Waals surface area contributed by atoms with Crippen LogP contribution in [0.25, 0.3) is 11.0 Å². The fourth-order valence-corrected chi connectivity index (χ4v) is 3.77. The Kier molecular flexibility index (Phi) is 6.61. The number of rotatable bonds is 8. The Morgan fingerprint density at radius 1 is 1.06 bits per heavy atom. The average molecular weight is 450 g/mol.